The average Bonchev–Trinajstić information content (AvgIpc) is 3.15. The maximum absolute atomic E-state index is 13.8. The van der Waals surface area contributed by atoms with E-state index >= 15 is 0 Å². The molecular formula is C31H39N5O4. The lowest BCUT2D eigenvalue weighted by Crippen LogP contribution is -2.49. The largest absolute Gasteiger partial charge is 0.335 e. The molecule has 40 heavy (non-hydrogen) atoms. The van der Waals surface area contributed by atoms with Crippen molar-refractivity contribution in [2.75, 3.05) is 37.6 Å². The first-order valence-corrected chi connectivity index (χ1v) is 14.4. The molecule has 2 aromatic rings. The molecule has 2 heterocycles. The highest BCUT2D eigenvalue weighted by Gasteiger charge is 2.51. The zero-order chi connectivity index (χ0) is 28.1. The third-order valence-electron chi connectivity index (χ3n) is 8.41. The summed E-state index contributed by atoms with van der Waals surface area (Å²) in [4.78, 5) is 59.7. The summed E-state index contributed by atoms with van der Waals surface area (Å²) >= 11 is 0. The predicted octanol–water partition coefficient (Wildman–Crippen LogP) is 3.53. The standard InChI is InChI=1S/C31H39N5O4/c1-24(37)35-18-10-17-33(21-25-11-4-2-5-12-25)19-20-34(22-26-13-6-7-14-27(26)35)28(38)23-36-29(39)31(32-30(36)40)15-8-3-9-16-31/h2,4-7,11-14H,3,8-10,15-23H2,1H3,(H,32,40). The smallest absolute Gasteiger partial charge is 0.325 e. The molecule has 0 atom stereocenters. The Morgan fingerprint density at radius 2 is 1.57 bits per heavy atom. The molecule has 212 valence electrons. The molecule has 2 fully saturated rings. The molecule has 1 spiro atoms. The molecule has 0 bridgehead atoms. The van der Waals surface area contributed by atoms with E-state index in [4.69, 9.17) is 0 Å². The molecule has 9 heteroatoms. The Kier molecular flexibility index (Phi) is 8.49. The van der Waals surface area contributed by atoms with Crippen molar-refractivity contribution >= 4 is 29.4 Å². The van der Waals surface area contributed by atoms with Gasteiger partial charge in [-0.2, -0.15) is 0 Å². The topological polar surface area (TPSA) is 93.3 Å². The second-order valence-electron chi connectivity index (χ2n) is 11.2. The first kappa shape index (κ1) is 27.8. The Balaban J connectivity index is 1.39. The molecular weight excluding hydrogens is 506 g/mol. The van der Waals surface area contributed by atoms with Crippen molar-refractivity contribution in [3.63, 3.8) is 0 Å². The third-order valence-corrected chi connectivity index (χ3v) is 8.41. The van der Waals surface area contributed by atoms with Crippen LogP contribution in [-0.4, -0.2) is 76.7 Å². The number of para-hydroxylation sites is 1. The minimum absolute atomic E-state index is 0.0451. The summed E-state index contributed by atoms with van der Waals surface area (Å²) in [7, 11) is 0. The summed E-state index contributed by atoms with van der Waals surface area (Å²) in [6.07, 6.45) is 4.86. The summed E-state index contributed by atoms with van der Waals surface area (Å²) < 4.78 is 0. The summed E-state index contributed by atoms with van der Waals surface area (Å²) in [6.45, 7) is 4.71. The third kappa shape index (κ3) is 6.04. The van der Waals surface area contributed by atoms with Crippen LogP contribution in [0.1, 0.15) is 56.6 Å². The number of rotatable bonds is 4. The van der Waals surface area contributed by atoms with Crippen molar-refractivity contribution in [2.24, 2.45) is 0 Å². The van der Waals surface area contributed by atoms with Gasteiger partial charge in [-0.15, -0.1) is 0 Å². The predicted molar refractivity (Wildman–Crippen MR) is 152 cm³/mol. The highest BCUT2D eigenvalue weighted by molar-refractivity contribution is 6.09. The highest BCUT2D eigenvalue weighted by Crippen LogP contribution is 2.33. The van der Waals surface area contributed by atoms with Gasteiger partial charge in [0.05, 0.1) is 0 Å². The van der Waals surface area contributed by atoms with Crippen LogP contribution in [0.2, 0.25) is 0 Å². The number of benzene rings is 2. The quantitative estimate of drug-likeness (QED) is 0.594. The second-order valence-corrected chi connectivity index (χ2v) is 11.2. The van der Waals surface area contributed by atoms with E-state index in [1.807, 2.05) is 42.5 Å². The van der Waals surface area contributed by atoms with Gasteiger partial charge in [-0.3, -0.25) is 24.2 Å². The lowest BCUT2D eigenvalue weighted by molar-refractivity contribution is -0.140. The first-order valence-electron chi connectivity index (χ1n) is 14.4. The fraction of sp³-hybridized carbons (Fsp3) is 0.484. The summed E-state index contributed by atoms with van der Waals surface area (Å²) in [6, 6.07) is 17.4. The molecule has 0 radical (unpaired) electrons. The number of hydrogen-bond donors (Lipinski definition) is 1. The number of imide groups is 1. The lowest BCUT2D eigenvalue weighted by atomic mass is 9.82. The van der Waals surface area contributed by atoms with Gasteiger partial charge < -0.3 is 15.1 Å². The van der Waals surface area contributed by atoms with E-state index < -0.39 is 11.6 Å². The van der Waals surface area contributed by atoms with Gasteiger partial charge in [-0.25, -0.2) is 4.79 Å². The molecule has 5 rings (SSSR count). The van der Waals surface area contributed by atoms with Crippen LogP contribution in [0.3, 0.4) is 0 Å². The molecule has 1 saturated heterocycles. The molecule has 5 amide bonds. The molecule has 1 saturated carbocycles. The average molecular weight is 546 g/mol. The Bertz CT molecular complexity index is 1240. The van der Waals surface area contributed by atoms with Crippen LogP contribution >= 0.6 is 0 Å². The molecule has 0 unspecified atom stereocenters. The fourth-order valence-electron chi connectivity index (χ4n) is 6.23. The van der Waals surface area contributed by atoms with E-state index in [1.165, 1.54) is 5.56 Å². The van der Waals surface area contributed by atoms with Crippen molar-refractivity contribution in [2.45, 2.75) is 64.1 Å². The lowest BCUT2D eigenvalue weighted by Gasteiger charge is -2.31. The summed E-state index contributed by atoms with van der Waals surface area (Å²) in [5, 5.41) is 2.91. The minimum Gasteiger partial charge on any atom is -0.335 e. The van der Waals surface area contributed by atoms with Crippen molar-refractivity contribution in [1.29, 1.82) is 0 Å². The number of fused-ring (bicyclic) bond motifs is 1. The van der Waals surface area contributed by atoms with Crippen LogP contribution in [0.4, 0.5) is 10.5 Å². The number of nitrogens with zero attached hydrogens (tertiary/aromatic N) is 4. The molecule has 3 aliphatic rings. The van der Waals surface area contributed by atoms with Crippen molar-refractivity contribution in [3.8, 4) is 0 Å². The van der Waals surface area contributed by atoms with E-state index in [-0.39, 0.29) is 30.8 Å². The van der Waals surface area contributed by atoms with Crippen LogP contribution in [-0.2, 0) is 27.5 Å². The fourth-order valence-corrected chi connectivity index (χ4v) is 6.23. The Morgan fingerprint density at radius 1 is 0.850 bits per heavy atom. The number of anilines is 1. The van der Waals surface area contributed by atoms with Crippen molar-refractivity contribution < 1.29 is 19.2 Å². The number of carbonyl (C=O) groups is 4. The van der Waals surface area contributed by atoms with Gasteiger partial charge in [-0.05, 0) is 36.5 Å². The number of amides is 5. The molecule has 1 N–H and O–H groups in total. The Morgan fingerprint density at radius 3 is 2.33 bits per heavy atom. The molecule has 1 aliphatic carbocycles. The maximum Gasteiger partial charge on any atom is 0.325 e. The molecule has 0 aromatic heterocycles. The van der Waals surface area contributed by atoms with Crippen LogP contribution < -0.4 is 10.2 Å². The van der Waals surface area contributed by atoms with E-state index in [1.54, 1.807) is 16.7 Å². The highest BCUT2D eigenvalue weighted by atomic mass is 16.2. The minimum atomic E-state index is -0.861. The van der Waals surface area contributed by atoms with Crippen LogP contribution in [0.25, 0.3) is 0 Å². The van der Waals surface area contributed by atoms with Gasteiger partial charge in [-0.1, -0.05) is 67.8 Å². The summed E-state index contributed by atoms with van der Waals surface area (Å²) in [5.74, 6) is -0.604. The zero-order valence-electron chi connectivity index (χ0n) is 23.3. The van der Waals surface area contributed by atoms with Crippen molar-refractivity contribution in [3.05, 3.63) is 65.7 Å². The second kappa shape index (κ2) is 12.2. The number of nitrogens with one attached hydrogen (secondary N) is 1. The van der Waals surface area contributed by atoms with Gasteiger partial charge in [0.15, 0.2) is 0 Å². The Hall–Kier alpha value is -3.72. The van der Waals surface area contributed by atoms with Crippen LogP contribution in [0, 0.1) is 0 Å². The van der Waals surface area contributed by atoms with E-state index in [0.717, 1.165) is 54.9 Å². The SMILES string of the molecule is CC(=O)N1CCCN(Cc2ccccc2)CCN(C(=O)CN2C(=O)NC3(CCCCC3)C2=O)Cc2ccccc21. The molecule has 2 aliphatic heterocycles. The van der Waals surface area contributed by atoms with Gasteiger partial charge in [0.1, 0.15) is 12.1 Å². The van der Waals surface area contributed by atoms with E-state index in [0.29, 0.717) is 32.5 Å². The monoisotopic (exact) mass is 545 g/mol. The van der Waals surface area contributed by atoms with Crippen LogP contribution in [0.5, 0.6) is 0 Å². The first-order chi connectivity index (χ1) is 19.4. The molecule has 9 nitrogen and oxygen atoms in total. The molecule has 2 aromatic carbocycles. The number of urea groups is 1. The Labute approximate surface area is 236 Å². The number of carbonyl (C=O) groups excluding carboxylic acids is 4. The van der Waals surface area contributed by atoms with Crippen molar-refractivity contribution in [1.82, 2.24) is 20.0 Å². The zero-order valence-corrected chi connectivity index (χ0v) is 23.3. The van der Waals surface area contributed by atoms with E-state index in [9.17, 15) is 19.2 Å². The van der Waals surface area contributed by atoms with Gasteiger partial charge in [0.25, 0.3) is 5.91 Å². The van der Waals surface area contributed by atoms with E-state index in [2.05, 4.69) is 22.3 Å². The summed E-state index contributed by atoms with van der Waals surface area (Å²) in [5.41, 5.74) is 1.98. The van der Waals surface area contributed by atoms with Crippen LogP contribution in [0.15, 0.2) is 54.6 Å². The number of hydrogen-bond acceptors (Lipinski definition) is 5. The van der Waals surface area contributed by atoms with Gasteiger partial charge >= 0.3 is 6.03 Å². The normalized spacial score (nSPS) is 20.2. The van der Waals surface area contributed by atoms with Gasteiger partial charge in [0.2, 0.25) is 11.8 Å². The maximum atomic E-state index is 13.8. The van der Waals surface area contributed by atoms with Gasteiger partial charge in [0, 0.05) is 51.9 Å².